The van der Waals surface area contributed by atoms with Gasteiger partial charge in [-0.3, -0.25) is 9.79 Å². The second-order valence-corrected chi connectivity index (χ2v) is 5.00. The molecule has 0 saturated heterocycles. The molecule has 1 aliphatic rings. The fourth-order valence-corrected chi connectivity index (χ4v) is 2.39. The zero-order chi connectivity index (χ0) is 14.4. The molecule has 20 heavy (non-hydrogen) atoms. The lowest BCUT2D eigenvalue weighted by molar-refractivity contribution is -0.123. The van der Waals surface area contributed by atoms with Gasteiger partial charge in [0.1, 0.15) is 0 Å². The van der Waals surface area contributed by atoms with Gasteiger partial charge in [0.2, 0.25) is 0 Å². The number of carbonyl (C=O) groups excluding carboxylic acids is 1. The second kappa shape index (κ2) is 7.58. The van der Waals surface area contributed by atoms with Crippen molar-refractivity contribution in [3.05, 3.63) is 47.2 Å². The van der Waals surface area contributed by atoms with Gasteiger partial charge < -0.3 is 4.74 Å². The van der Waals surface area contributed by atoms with Crippen molar-refractivity contribution in [2.24, 2.45) is 4.99 Å². The third-order valence-corrected chi connectivity index (χ3v) is 3.46. The molecule has 0 bridgehead atoms. The van der Waals surface area contributed by atoms with Gasteiger partial charge in [0.25, 0.3) is 0 Å². The molecule has 0 fully saturated rings. The molecular formula is C15H15Cl2NO2. The van der Waals surface area contributed by atoms with Crippen molar-refractivity contribution in [2.75, 3.05) is 11.8 Å². The quantitative estimate of drug-likeness (QED) is 0.756. The first-order valence-corrected chi connectivity index (χ1v) is 7.41. The molecule has 2 rings (SSSR count). The molecule has 0 amide bonds. The van der Waals surface area contributed by atoms with Crippen LogP contribution < -0.4 is 0 Å². The van der Waals surface area contributed by atoms with Crippen molar-refractivity contribution < 1.29 is 9.53 Å². The molecule has 1 unspecified atom stereocenters. The lowest BCUT2D eigenvalue weighted by Crippen LogP contribution is -2.31. The van der Waals surface area contributed by atoms with Crippen LogP contribution in [0.2, 0.25) is 0 Å². The fourth-order valence-electron chi connectivity index (χ4n) is 1.97. The van der Waals surface area contributed by atoms with Crippen LogP contribution in [0.3, 0.4) is 0 Å². The normalized spacial score (nSPS) is 18.7. The molecule has 0 radical (unpaired) electrons. The number of hydrogen-bond donors (Lipinski definition) is 0. The average molecular weight is 312 g/mol. The SMILES string of the molecule is O=C1C(CCCl)=C(CCl)N=CC1OCc1ccccc1. The van der Waals surface area contributed by atoms with Gasteiger partial charge >= 0.3 is 0 Å². The summed E-state index contributed by atoms with van der Waals surface area (Å²) in [5.74, 6) is 0.481. The number of alkyl halides is 2. The van der Waals surface area contributed by atoms with Crippen LogP contribution in [0.25, 0.3) is 0 Å². The molecule has 1 aromatic carbocycles. The number of rotatable bonds is 6. The molecular weight excluding hydrogens is 297 g/mol. The molecule has 1 aliphatic heterocycles. The molecule has 0 aliphatic carbocycles. The Morgan fingerprint density at radius 3 is 2.60 bits per heavy atom. The van der Waals surface area contributed by atoms with Gasteiger partial charge in [0.05, 0.1) is 18.2 Å². The van der Waals surface area contributed by atoms with E-state index in [0.29, 0.717) is 30.2 Å². The van der Waals surface area contributed by atoms with Crippen molar-refractivity contribution in [1.29, 1.82) is 0 Å². The first-order chi connectivity index (χ1) is 9.76. The topological polar surface area (TPSA) is 38.7 Å². The number of Topliss-reactive ketones (excluding diaryl/α,β-unsaturated/α-hetero) is 1. The van der Waals surface area contributed by atoms with Gasteiger partial charge in [-0.15, -0.1) is 23.2 Å². The molecule has 106 valence electrons. The van der Waals surface area contributed by atoms with E-state index in [9.17, 15) is 4.79 Å². The maximum Gasteiger partial charge on any atom is 0.194 e. The highest BCUT2D eigenvalue weighted by molar-refractivity contribution is 6.21. The van der Waals surface area contributed by atoms with E-state index in [4.69, 9.17) is 27.9 Å². The van der Waals surface area contributed by atoms with Crippen LogP contribution in [0.5, 0.6) is 0 Å². The summed E-state index contributed by atoms with van der Waals surface area (Å²) in [4.78, 5) is 16.5. The predicted octanol–water partition coefficient (Wildman–Crippen LogP) is 3.35. The maximum absolute atomic E-state index is 12.3. The summed E-state index contributed by atoms with van der Waals surface area (Å²) < 4.78 is 5.63. The second-order valence-electron chi connectivity index (χ2n) is 4.36. The third kappa shape index (κ3) is 3.69. The molecule has 0 saturated carbocycles. The highest BCUT2D eigenvalue weighted by Crippen LogP contribution is 2.21. The van der Waals surface area contributed by atoms with Crippen LogP contribution in [0, 0.1) is 0 Å². The summed E-state index contributed by atoms with van der Waals surface area (Å²) in [6.45, 7) is 0.369. The van der Waals surface area contributed by atoms with Crippen molar-refractivity contribution >= 4 is 35.2 Å². The van der Waals surface area contributed by atoms with E-state index < -0.39 is 6.10 Å². The Kier molecular flexibility index (Phi) is 5.77. The minimum absolute atomic E-state index is 0.0905. The zero-order valence-corrected chi connectivity index (χ0v) is 12.4. The Morgan fingerprint density at radius 1 is 1.20 bits per heavy atom. The van der Waals surface area contributed by atoms with E-state index in [0.717, 1.165) is 5.56 Å². The van der Waals surface area contributed by atoms with E-state index in [-0.39, 0.29) is 11.7 Å². The summed E-state index contributed by atoms with van der Waals surface area (Å²) in [5, 5.41) is 0. The molecule has 0 spiro atoms. The van der Waals surface area contributed by atoms with Crippen LogP contribution in [0.1, 0.15) is 12.0 Å². The van der Waals surface area contributed by atoms with Gasteiger partial charge in [0, 0.05) is 17.7 Å². The van der Waals surface area contributed by atoms with Crippen LogP contribution in [-0.2, 0) is 16.1 Å². The Hall–Kier alpha value is -1.16. The lowest BCUT2D eigenvalue weighted by Gasteiger charge is -2.20. The van der Waals surface area contributed by atoms with Gasteiger partial charge in [-0.2, -0.15) is 0 Å². The number of hydrogen-bond acceptors (Lipinski definition) is 3. The van der Waals surface area contributed by atoms with E-state index in [1.54, 1.807) is 0 Å². The molecule has 1 heterocycles. The number of carbonyl (C=O) groups is 1. The van der Waals surface area contributed by atoms with Crippen molar-refractivity contribution in [3.8, 4) is 0 Å². The van der Waals surface area contributed by atoms with Crippen molar-refractivity contribution in [3.63, 3.8) is 0 Å². The van der Waals surface area contributed by atoms with Crippen molar-refractivity contribution in [2.45, 2.75) is 19.1 Å². The number of benzene rings is 1. The van der Waals surface area contributed by atoms with E-state index in [2.05, 4.69) is 4.99 Å². The highest BCUT2D eigenvalue weighted by Gasteiger charge is 2.27. The molecule has 3 nitrogen and oxygen atoms in total. The maximum atomic E-state index is 12.3. The first kappa shape index (κ1) is 15.2. The molecule has 1 aromatic rings. The third-order valence-electron chi connectivity index (χ3n) is 3.01. The summed E-state index contributed by atoms with van der Waals surface area (Å²) in [7, 11) is 0. The number of allylic oxidation sites excluding steroid dienone is 1. The van der Waals surface area contributed by atoms with E-state index in [1.165, 1.54) is 6.21 Å². The summed E-state index contributed by atoms with van der Waals surface area (Å²) in [6, 6.07) is 9.69. The summed E-state index contributed by atoms with van der Waals surface area (Å²) in [5.41, 5.74) is 2.19. The highest BCUT2D eigenvalue weighted by atomic mass is 35.5. The number of aliphatic imine (C=N–C) groups is 1. The Bertz CT molecular complexity index is 526. The molecule has 0 N–H and O–H groups in total. The Balaban J connectivity index is 2.03. The fraction of sp³-hybridized carbons (Fsp3) is 0.333. The number of ether oxygens (including phenoxy) is 1. The summed E-state index contributed by atoms with van der Waals surface area (Å²) in [6.07, 6.45) is 1.33. The average Bonchev–Trinajstić information content (AvgIpc) is 2.49. The van der Waals surface area contributed by atoms with E-state index in [1.807, 2.05) is 30.3 Å². The first-order valence-electron chi connectivity index (χ1n) is 6.34. The number of ketones is 1. The Morgan fingerprint density at radius 2 is 1.95 bits per heavy atom. The molecule has 0 aromatic heterocycles. The Labute approximate surface area is 128 Å². The van der Waals surface area contributed by atoms with Gasteiger partial charge in [-0.1, -0.05) is 30.3 Å². The minimum Gasteiger partial charge on any atom is -0.360 e. The molecule has 1 atom stereocenters. The number of halogens is 2. The van der Waals surface area contributed by atoms with Gasteiger partial charge in [-0.05, 0) is 12.0 Å². The van der Waals surface area contributed by atoms with Crippen LogP contribution >= 0.6 is 23.2 Å². The zero-order valence-electron chi connectivity index (χ0n) is 10.9. The molecule has 5 heteroatoms. The minimum atomic E-state index is -0.652. The standard InChI is InChI=1S/C15H15Cl2NO2/c16-7-6-12-13(8-17)18-9-14(15(12)19)20-10-11-4-2-1-3-5-11/h1-5,9,14H,6-8,10H2. The smallest absolute Gasteiger partial charge is 0.194 e. The summed E-state index contributed by atoms with van der Waals surface area (Å²) >= 11 is 11.5. The van der Waals surface area contributed by atoms with Crippen LogP contribution in [-0.4, -0.2) is 29.9 Å². The number of nitrogens with zero attached hydrogens (tertiary/aromatic N) is 1. The van der Waals surface area contributed by atoms with Gasteiger partial charge in [0.15, 0.2) is 11.9 Å². The van der Waals surface area contributed by atoms with Crippen molar-refractivity contribution in [1.82, 2.24) is 0 Å². The van der Waals surface area contributed by atoms with Crippen LogP contribution in [0.4, 0.5) is 0 Å². The predicted molar refractivity (Wildman–Crippen MR) is 81.6 cm³/mol. The van der Waals surface area contributed by atoms with E-state index >= 15 is 0 Å². The largest absolute Gasteiger partial charge is 0.360 e. The van der Waals surface area contributed by atoms with Crippen LogP contribution in [0.15, 0.2) is 46.6 Å². The van der Waals surface area contributed by atoms with Gasteiger partial charge in [-0.25, -0.2) is 0 Å². The lowest BCUT2D eigenvalue weighted by atomic mass is 10.00. The monoisotopic (exact) mass is 311 g/mol.